The molecule has 6 nitrogen and oxygen atoms in total. The Bertz CT molecular complexity index is 482. The monoisotopic (exact) mass is 290 g/mol. The normalized spacial score (nSPS) is 26.7. The average molecular weight is 290 g/mol. The van der Waals surface area contributed by atoms with Crippen LogP contribution in [0.25, 0.3) is 0 Å². The first-order valence-corrected chi connectivity index (χ1v) is 7.65. The van der Waals surface area contributed by atoms with Crippen molar-refractivity contribution in [2.24, 2.45) is 5.92 Å². The van der Waals surface area contributed by atoms with Crippen LogP contribution in [-0.4, -0.2) is 59.7 Å². The van der Waals surface area contributed by atoms with Gasteiger partial charge in [0.1, 0.15) is 5.82 Å². The summed E-state index contributed by atoms with van der Waals surface area (Å²) < 4.78 is 5.51. The summed E-state index contributed by atoms with van der Waals surface area (Å²) in [6, 6.07) is 0. The minimum atomic E-state index is 0.0612. The van der Waals surface area contributed by atoms with Gasteiger partial charge in [0.25, 0.3) is 0 Å². The van der Waals surface area contributed by atoms with Crippen molar-refractivity contribution >= 4 is 11.7 Å². The molecule has 2 fully saturated rings. The van der Waals surface area contributed by atoms with E-state index in [9.17, 15) is 4.79 Å². The molecule has 21 heavy (non-hydrogen) atoms. The van der Waals surface area contributed by atoms with Gasteiger partial charge in [-0.15, -0.1) is 0 Å². The number of anilines is 1. The van der Waals surface area contributed by atoms with Crippen molar-refractivity contribution in [3.05, 3.63) is 18.6 Å². The van der Waals surface area contributed by atoms with E-state index in [4.69, 9.17) is 4.74 Å². The molecule has 114 valence electrons. The molecule has 0 spiro atoms. The summed E-state index contributed by atoms with van der Waals surface area (Å²) in [5.41, 5.74) is 0. The van der Waals surface area contributed by atoms with Gasteiger partial charge in [0, 0.05) is 38.6 Å². The van der Waals surface area contributed by atoms with Gasteiger partial charge in [-0.2, -0.15) is 0 Å². The number of carbonyl (C=O) groups excluding carboxylic acids is 1. The van der Waals surface area contributed by atoms with Crippen LogP contribution in [0.2, 0.25) is 0 Å². The summed E-state index contributed by atoms with van der Waals surface area (Å²) in [5.74, 6) is 1.19. The number of hydrogen-bond acceptors (Lipinski definition) is 5. The number of piperidine rings is 1. The fourth-order valence-electron chi connectivity index (χ4n) is 3.12. The lowest BCUT2D eigenvalue weighted by molar-refractivity contribution is -0.142. The van der Waals surface area contributed by atoms with Gasteiger partial charge in [0.05, 0.1) is 24.8 Å². The minimum absolute atomic E-state index is 0.0612. The van der Waals surface area contributed by atoms with Gasteiger partial charge in [-0.1, -0.05) is 0 Å². The molecule has 3 heterocycles. The van der Waals surface area contributed by atoms with Crippen LogP contribution in [-0.2, 0) is 9.53 Å². The molecular weight excluding hydrogens is 268 g/mol. The summed E-state index contributed by atoms with van der Waals surface area (Å²) in [7, 11) is 0. The van der Waals surface area contributed by atoms with Crippen LogP contribution in [0.3, 0.4) is 0 Å². The maximum absolute atomic E-state index is 12.7. The first-order chi connectivity index (χ1) is 10.2. The van der Waals surface area contributed by atoms with E-state index in [1.54, 1.807) is 18.6 Å². The molecule has 1 amide bonds. The molecule has 2 aliphatic rings. The molecule has 2 aliphatic heterocycles. The van der Waals surface area contributed by atoms with Gasteiger partial charge in [0.2, 0.25) is 5.91 Å². The third kappa shape index (κ3) is 3.32. The second kappa shape index (κ2) is 6.39. The van der Waals surface area contributed by atoms with Crippen LogP contribution in [0.15, 0.2) is 18.6 Å². The average Bonchev–Trinajstić information content (AvgIpc) is 2.55. The minimum Gasteiger partial charge on any atom is -0.375 e. The number of carbonyl (C=O) groups is 1. The van der Waals surface area contributed by atoms with Crippen LogP contribution in [0.1, 0.15) is 19.8 Å². The quantitative estimate of drug-likeness (QED) is 0.811. The molecule has 0 saturated carbocycles. The lowest BCUT2D eigenvalue weighted by atomic mass is 9.96. The summed E-state index contributed by atoms with van der Waals surface area (Å²) in [4.78, 5) is 25.3. The van der Waals surface area contributed by atoms with E-state index in [0.717, 1.165) is 31.7 Å². The number of morpholine rings is 1. The largest absolute Gasteiger partial charge is 0.375 e. The molecule has 2 saturated heterocycles. The lowest BCUT2D eigenvalue weighted by Crippen LogP contribution is -2.50. The Morgan fingerprint density at radius 1 is 1.33 bits per heavy atom. The van der Waals surface area contributed by atoms with Crippen LogP contribution < -0.4 is 4.90 Å². The van der Waals surface area contributed by atoms with Crippen molar-refractivity contribution in [2.75, 3.05) is 37.7 Å². The maximum Gasteiger partial charge on any atom is 0.227 e. The first-order valence-electron chi connectivity index (χ1n) is 7.65. The van der Waals surface area contributed by atoms with Crippen LogP contribution >= 0.6 is 0 Å². The van der Waals surface area contributed by atoms with Gasteiger partial charge in [0.15, 0.2) is 0 Å². The molecule has 0 N–H and O–H groups in total. The smallest absolute Gasteiger partial charge is 0.227 e. The number of nitrogens with zero attached hydrogens (tertiary/aromatic N) is 4. The highest BCUT2D eigenvalue weighted by molar-refractivity contribution is 5.79. The van der Waals surface area contributed by atoms with E-state index < -0.39 is 0 Å². The molecular formula is C15H22N4O2. The van der Waals surface area contributed by atoms with Gasteiger partial charge in [-0.25, -0.2) is 4.98 Å². The summed E-state index contributed by atoms with van der Waals surface area (Å²) in [6.45, 7) is 5.77. The van der Waals surface area contributed by atoms with Crippen molar-refractivity contribution < 1.29 is 9.53 Å². The van der Waals surface area contributed by atoms with Crippen LogP contribution in [0.5, 0.6) is 0 Å². The molecule has 1 aromatic rings. The standard InChI is InChI=1S/C15H22N4O2/c1-12-10-19(7-8-21-12)15(20)13-3-2-6-18(11-13)14-9-16-4-5-17-14/h4-5,9,12-13H,2-3,6-8,10-11H2,1H3/t12-,13-/m0/s1. The van der Waals surface area contributed by atoms with E-state index in [1.165, 1.54) is 0 Å². The van der Waals surface area contributed by atoms with Gasteiger partial charge < -0.3 is 14.5 Å². The lowest BCUT2D eigenvalue weighted by Gasteiger charge is -2.37. The zero-order chi connectivity index (χ0) is 14.7. The molecule has 2 atom stereocenters. The predicted molar refractivity (Wildman–Crippen MR) is 79.0 cm³/mol. The van der Waals surface area contributed by atoms with E-state index in [-0.39, 0.29) is 17.9 Å². The molecule has 6 heteroatoms. The third-order valence-electron chi connectivity index (χ3n) is 4.20. The van der Waals surface area contributed by atoms with Crippen molar-refractivity contribution in [3.8, 4) is 0 Å². The fourth-order valence-corrected chi connectivity index (χ4v) is 3.12. The molecule has 0 aliphatic carbocycles. The molecule has 3 rings (SSSR count). The number of rotatable bonds is 2. The zero-order valence-electron chi connectivity index (χ0n) is 12.4. The Morgan fingerprint density at radius 3 is 3.00 bits per heavy atom. The predicted octanol–water partition coefficient (Wildman–Crippen LogP) is 0.940. The Labute approximate surface area is 125 Å². The molecule has 0 bridgehead atoms. The molecule has 0 unspecified atom stereocenters. The van der Waals surface area contributed by atoms with Gasteiger partial charge in [-0.05, 0) is 19.8 Å². The number of hydrogen-bond donors (Lipinski definition) is 0. The highest BCUT2D eigenvalue weighted by atomic mass is 16.5. The highest BCUT2D eigenvalue weighted by Gasteiger charge is 2.31. The number of amides is 1. The van der Waals surface area contributed by atoms with Crippen molar-refractivity contribution in [3.63, 3.8) is 0 Å². The molecule has 1 aromatic heterocycles. The van der Waals surface area contributed by atoms with E-state index in [0.29, 0.717) is 19.7 Å². The Balaban J connectivity index is 1.64. The van der Waals surface area contributed by atoms with Gasteiger partial charge >= 0.3 is 0 Å². The second-order valence-corrected chi connectivity index (χ2v) is 5.81. The van der Waals surface area contributed by atoms with E-state index >= 15 is 0 Å². The second-order valence-electron chi connectivity index (χ2n) is 5.81. The molecule has 0 radical (unpaired) electrons. The Morgan fingerprint density at radius 2 is 2.24 bits per heavy atom. The fraction of sp³-hybridized carbons (Fsp3) is 0.667. The number of ether oxygens (including phenoxy) is 1. The first kappa shape index (κ1) is 14.3. The van der Waals surface area contributed by atoms with Crippen LogP contribution in [0, 0.1) is 5.92 Å². The Hall–Kier alpha value is -1.69. The topological polar surface area (TPSA) is 58.6 Å². The summed E-state index contributed by atoms with van der Waals surface area (Å²) in [5, 5.41) is 0. The van der Waals surface area contributed by atoms with Crippen molar-refractivity contribution in [1.82, 2.24) is 14.9 Å². The van der Waals surface area contributed by atoms with Crippen LogP contribution in [0.4, 0.5) is 5.82 Å². The van der Waals surface area contributed by atoms with Crippen molar-refractivity contribution in [1.29, 1.82) is 0 Å². The summed E-state index contributed by atoms with van der Waals surface area (Å²) >= 11 is 0. The number of aromatic nitrogens is 2. The zero-order valence-corrected chi connectivity index (χ0v) is 12.4. The van der Waals surface area contributed by atoms with Crippen molar-refractivity contribution in [2.45, 2.75) is 25.9 Å². The Kier molecular flexibility index (Phi) is 4.34. The molecule has 0 aromatic carbocycles. The highest BCUT2D eigenvalue weighted by Crippen LogP contribution is 2.23. The van der Waals surface area contributed by atoms with E-state index in [1.807, 2.05) is 11.8 Å². The van der Waals surface area contributed by atoms with Gasteiger partial charge in [-0.3, -0.25) is 9.78 Å². The maximum atomic E-state index is 12.7. The third-order valence-corrected chi connectivity index (χ3v) is 4.20. The SMILES string of the molecule is C[C@H]1CN(C(=O)[C@H]2CCCN(c3cnccn3)C2)CCO1. The van der Waals surface area contributed by atoms with E-state index in [2.05, 4.69) is 14.9 Å². The summed E-state index contributed by atoms with van der Waals surface area (Å²) in [6.07, 6.45) is 7.26.